The zero-order chi connectivity index (χ0) is 15.2. The van der Waals surface area contributed by atoms with E-state index in [1.165, 1.54) is 0 Å². The molecule has 3 N–H and O–H groups in total. The van der Waals surface area contributed by atoms with E-state index < -0.39 is 11.7 Å². The average molecular weight is 274 g/mol. The van der Waals surface area contributed by atoms with Crippen LogP contribution in [0.2, 0.25) is 0 Å². The number of ether oxygens (including phenoxy) is 1. The third kappa shape index (κ3) is 6.14. The maximum atomic E-state index is 11.4. The number of hydrogen-bond donors (Lipinski definition) is 2. The molecule has 1 aromatic rings. The fourth-order valence-corrected chi connectivity index (χ4v) is 1.53. The van der Waals surface area contributed by atoms with Crippen molar-refractivity contribution in [1.82, 2.24) is 5.32 Å². The summed E-state index contributed by atoms with van der Waals surface area (Å²) in [5.74, 6) is 6.08. The van der Waals surface area contributed by atoms with Gasteiger partial charge in [0.05, 0.1) is 0 Å². The number of hydrogen-bond acceptors (Lipinski definition) is 3. The van der Waals surface area contributed by atoms with E-state index in [4.69, 9.17) is 10.5 Å². The highest BCUT2D eigenvalue weighted by molar-refractivity contribution is 5.67. The number of rotatable bonds is 2. The molecule has 0 aromatic heterocycles. The first kappa shape index (κ1) is 15.9. The molecule has 4 nitrogen and oxygen atoms in total. The van der Waals surface area contributed by atoms with Crippen molar-refractivity contribution >= 4 is 11.8 Å². The highest BCUT2D eigenvalue weighted by atomic mass is 16.6. The number of nitrogen functional groups attached to an aromatic ring is 1. The van der Waals surface area contributed by atoms with Gasteiger partial charge in [0, 0.05) is 24.2 Å². The SMILES string of the molecule is Cc1cc(N)ccc1C#CCCNC(=O)OC(C)(C)C. The maximum absolute atomic E-state index is 11.4. The number of nitrogens with two attached hydrogens (primary N) is 1. The highest BCUT2D eigenvalue weighted by Crippen LogP contribution is 2.11. The predicted molar refractivity (Wildman–Crippen MR) is 81.3 cm³/mol. The Balaban J connectivity index is 2.38. The molecule has 0 fully saturated rings. The van der Waals surface area contributed by atoms with Gasteiger partial charge in [-0.05, 0) is 51.5 Å². The van der Waals surface area contributed by atoms with Gasteiger partial charge < -0.3 is 15.8 Å². The molecule has 0 atom stereocenters. The Labute approximate surface area is 120 Å². The molecule has 1 aromatic carbocycles. The minimum atomic E-state index is -0.475. The largest absolute Gasteiger partial charge is 0.444 e. The quantitative estimate of drug-likeness (QED) is 0.495. The molecule has 0 saturated carbocycles. The smallest absolute Gasteiger partial charge is 0.407 e. The number of aryl methyl sites for hydroxylation is 1. The van der Waals surface area contributed by atoms with Crippen LogP contribution in [0.1, 0.15) is 38.3 Å². The van der Waals surface area contributed by atoms with E-state index in [9.17, 15) is 4.79 Å². The zero-order valence-electron chi connectivity index (χ0n) is 12.5. The number of anilines is 1. The number of carbonyl (C=O) groups excluding carboxylic acids is 1. The Morgan fingerprint density at radius 1 is 1.40 bits per heavy atom. The van der Waals surface area contributed by atoms with Gasteiger partial charge in [-0.2, -0.15) is 0 Å². The summed E-state index contributed by atoms with van der Waals surface area (Å²) in [6.07, 6.45) is 0.159. The van der Waals surface area contributed by atoms with Gasteiger partial charge in [0.1, 0.15) is 5.60 Å². The molecule has 4 heteroatoms. The molecule has 0 aliphatic heterocycles. The van der Waals surface area contributed by atoms with Gasteiger partial charge in [-0.15, -0.1) is 0 Å². The summed E-state index contributed by atoms with van der Waals surface area (Å²) in [7, 11) is 0. The topological polar surface area (TPSA) is 64.3 Å². The first-order valence-electron chi connectivity index (χ1n) is 6.60. The van der Waals surface area contributed by atoms with E-state index in [1.54, 1.807) is 0 Å². The molecule has 0 aliphatic rings. The summed E-state index contributed by atoms with van der Waals surface area (Å²) in [5, 5.41) is 2.67. The minimum Gasteiger partial charge on any atom is -0.444 e. The minimum absolute atomic E-state index is 0.414. The van der Waals surface area contributed by atoms with Gasteiger partial charge in [-0.3, -0.25) is 0 Å². The van der Waals surface area contributed by atoms with Crippen LogP contribution in [0.15, 0.2) is 18.2 Å². The first-order valence-corrected chi connectivity index (χ1v) is 6.60. The van der Waals surface area contributed by atoms with Gasteiger partial charge >= 0.3 is 6.09 Å². The molecule has 0 heterocycles. The van der Waals surface area contributed by atoms with Crippen LogP contribution in [-0.2, 0) is 4.74 Å². The monoisotopic (exact) mass is 274 g/mol. The van der Waals surface area contributed by atoms with E-state index in [0.717, 1.165) is 16.8 Å². The molecule has 0 bridgehead atoms. The summed E-state index contributed by atoms with van der Waals surface area (Å²) < 4.78 is 5.12. The van der Waals surface area contributed by atoms with Gasteiger partial charge in [0.25, 0.3) is 0 Å². The Morgan fingerprint density at radius 2 is 2.10 bits per heavy atom. The van der Waals surface area contributed by atoms with Crippen LogP contribution >= 0.6 is 0 Å². The zero-order valence-corrected chi connectivity index (χ0v) is 12.5. The van der Waals surface area contributed by atoms with Crippen LogP contribution in [-0.4, -0.2) is 18.2 Å². The fourth-order valence-electron chi connectivity index (χ4n) is 1.53. The van der Waals surface area contributed by atoms with Crippen molar-refractivity contribution in [2.45, 2.75) is 39.7 Å². The molecular formula is C16H22N2O2. The molecule has 1 rings (SSSR count). The van der Waals surface area contributed by atoms with Crippen molar-refractivity contribution in [3.05, 3.63) is 29.3 Å². The molecule has 0 radical (unpaired) electrons. The molecule has 0 spiro atoms. The van der Waals surface area contributed by atoms with E-state index >= 15 is 0 Å². The van der Waals surface area contributed by atoms with Crippen LogP contribution in [0.25, 0.3) is 0 Å². The lowest BCUT2D eigenvalue weighted by atomic mass is 10.1. The van der Waals surface area contributed by atoms with Gasteiger partial charge in [0.2, 0.25) is 0 Å². The van der Waals surface area contributed by atoms with Crippen molar-refractivity contribution in [2.75, 3.05) is 12.3 Å². The number of benzene rings is 1. The van der Waals surface area contributed by atoms with Crippen LogP contribution in [0.4, 0.5) is 10.5 Å². The van der Waals surface area contributed by atoms with Crippen LogP contribution < -0.4 is 11.1 Å². The second-order valence-electron chi connectivity index (χ2n) is 5.55. The second-order valence-corrected chi connectivity index (χ2v) is 5.55. The highest BCUT2D eigenvalue weighted by Gasteiger charge is 2.15. The van der Waals surface area contributed by atoms with Gasteiger partial charge in [-0.25, -0.2) is 4.79 Å². The molecule has 0 saturated heterocycles. The normalized spacial score (nSPS) is 10.4. The van der Waals surface area contributed by atoms with E-state index in [0.29, 0.717) is 13.0 Å². The standard InChI is InChI=1S/C16H22N2O2/c1-12-11-14(17)9-8-13(12)7-5-6-10-18-15(19)20-16(2,3)4/h8-9,11H,6,10,17H2,1-4H3,(H,18,19). The predicted octanol–water partition coefficient (Wildman–Crippen LogP) is 2.84. The first-order chi connectivity index (χ1) is 9.28. The molecule has 20 heavy (non-hydrogen) atoms. The number of nitrogens with one attached hydrogen (secondary N) is 1. The van der Waals surface area contributed by atoms with Crippen molar-refractivity contribution in [1.29, 1.82) is 0 Å². The maximum Gasteiger partial charge on any atom is 0.407 e. The summed E-state index contributed by atoms with van der Waals surface area (Å²) in [6.45, 7) is 7.93. The van der Waals surface area contributed by atoms with E-state index in [-0.39, 0.29) is 0 Å². The summed E-state index contributed by atoms with van der Waals surface area (Å²) in [6, 6.07) is 5.62. The third-order valence-electron chi connectivity index (χ3n) is 2.39. The van der Waals surface area contributed by atoms with Crippen molar-refractivity contribution in [3.63, 3.8) is 0 Å². The molecule has 108 valence electrons. The number of alkyl carbamates (subject to hydrolysis) is 1. The van der Waals surface area contributed by atoms with Crippen LogP contribution in [0.3, 0.4) is 0 Å². The molecular weight excluding hydrogens is 252 g/mol. The number of carbonyl (C=O) groups is 1. The second kappa shape index (κ2) is 6.85. The lowest BCUT2D eigenvalue weighted by Crippen LogP contribution is -2.32. The Hall–Kier alpha value is -2.15. The summed E-state index contributed by atoms with van der Waals surface area (Å²) in [5.41, 5.74) is 7.95. The summed E-state index contributed by atoms with van der Waals surface area (Å²) in [4.78, 5) is 11.4. The lowest BCUT2D eigenvalue weighted by Gasteiger charge is -2.19. The lowest BCUT2D eigenvalue weighted by molar-refractivity contribution is 0.0529. The van der Waals surface area contributed by atoms with E-state index in [1.807, 2.05) is 45.9 Å². The summed E-state index contributed by atoms with van der Waals surface area (Å²) >= 11 is 0. The van der Waals surface area contributed by atoms with Crippen molar-refractivity contribution < 1.29 is 9.53 Å². The molecule has 0 aliphatic carbocycles. The third-order valence-corrected chi connectivity index (χ3v) is 2.39. The Bertz CT molecular complexity index is 534. The molecule has 0 unspecified atom stereocenters. The van der Waals surface area contributed by atoms with Crippen LogP contribution in [0, 0.1) is 18.8 Å². The van der Waals surface area contributed by atoms with Crippen molar-refractivity contribution in [3.8, 4) is 11.8 Å². The Morgan fingerprint density at radius 3 is 2.70 bits per heavy atom. The Kier molecular flexibility index (Phi) is 5.45. The van der Waals surface area contributed by atoms with Crippen molar-refractivity contribution in [2.24, 2.45) is 0 Å². The van der Waals surface area contributed by atoms with E-state index in [2.05, 4.69) is 17.2 Å². The fraction of sp³-hybridized carbons (Fsp3) is 0.438. The van der Waals surface area contributed by atoms with Gasteiger partial charge in [0.15, 0.2) is 0 Å². The van der Waals surface area contributed by atoms with Crippen LogP contribution in [0.5, 0.6) is 0 Å². The average Bonchev–Trinajstić information content (AvgIpc) is 2.28. The molecule has 1 amide bonds. The number of amides is 1. The van der Waals surface area contributed by atoms with Gasteiger partial charge in [-0.1, -0.05) is 11.8 Å².